The van der Waals surface area contributed by atoms with E-state index >= 15 is 0 Å². The zero-order chi connectivity index (χ0) is 14.0. The van der Waals surface area contributed by atoms with Crippen molar-refractivity contribution in [2.24, 2.45) is 0 Å². The van der Waals surface area contributed by atoms with E-state index < -0.39 is 0 Å². The van der Waals surface area contributed by atoms with Crippen molar-refractivity contribution < 1.29 is 4.79 Å². The molecule has 2 rings (SSSR count). The van der Waals surface area contributed by atoms with Crippen LogP contribution in [0.3, 0.4) is 0 Å². The first-order chi connectivity index (χ1) is 8.99. The van der Waals surface area contributed by atoms with Crippen LogP contribution >= 0.6 is 0 Å². The number of imidazole rings is 1. The Morgan fingerprint density at radius 1 is 1.26 bits per heavy atom. The van der Waals surface area contributed by atoms with Crippen molar-refractivity contribution in [1.82, 2.24) is 14.5 Å². The van der Waals surface area contributed by atoms with Gasteiger partial charge in [-0.2, -0.15) is 0 Å². The van der Waals surface area contributed by atoms with E-state index in [0.717, 1.165) is 22.9 Å². The van der Waals surface area contributed by atoms with E-state index in [2.05, 4.69) is 10.3 Å². The molecule has 0 fully saturated rings. The number of urea groups is 1. The summed E-state index contributed by atoms with van der Waals surface area (Å²) in [6, 6.07) is 7.52. The van der Waals surface area contributed by atoms with Crippen molar-refractivity contribution in [2.45, 2.75) is 13.8 Å². The lowest BCUT2D eigenvalue weighted by atomic mass is 10.2. The highest BCUT2D eigenvalue weighted by Crippen LogP contribution is 2.22. The third kappa shape index (κ3) is 2.76. The first kappa shape index (κ1) is 13.1. The average Bonchev–Trinajstić information content (AvgIpc) is 2.69. The number of hydrogen-bond donors (Lipinski definition) is 1. The van der Waals surface area contributed by atoms with Crippen molar-refractivity contribution in [3.05, 3.63) is 42.0 Å². The Labute approximate surface area is 112 Å². The van der Waals surface area contributed by atoms with Gasteiger partial charge in [-0.3, -0.25) is 0 Å². The largest absolute Gasteiger partial charge is 0.331 e. The molecule has 1 heterocycles. The van der Waals surface area contributed by atoms with Crippen LogP contribution in [0.4, 0.5) is 10.5 Å². The molecule has 19 heavy (non-hydrogen) atoms. The summed E-state index contributed by atoms with van der Waals surface area (Å²) in [5.74, 6) is 0.893. The Hall–Kier alpha value is -2.30. The monoisotopic (exact) mass is 258 g/mol. The molecular weight excluding hydrogens is 240 g/mol. The molecule has 0 atom stereocenters. The van der Waals surface area contributed by atoms with Gasteiger partial charge in [-0.1, -0.05) is 12.1 Å². The number of aryl methyl sites for hydroxylation is 2. The fraction of sp³-hybridized carbons (Fsp3) is 0.286. The molecule has 0 aliphatic heterocycles. The predicted molar refractivity (Wildman–Crippen MR) is 75.7 cm³/mol. The Morgan fingerprint density at radius 3 is 2.53 bits per heavy atom. The first-order valence-corrected chi connectivity index (χ1v) is 6.09. The molecule has 2 aromatic rings. The maximum Gasteiger partial charge on any atom is 0.321 e. The maximum absolute atomic E-state index is 11.8. The van der Waals surface area contributed by atoms with Crippen LogP contribution < -0.4 is 5.32 Å². The van der Waals surface area contributed by atoms with Crippen LogP contribution in [0.5, 0.6) is 0 Å². The molecule has 0 aliphatic carbocycles. The number of rotatable bonds is 2. The molecule has 1 aromatic carbocycles. The standard InChI is InChI=1S/C14H18N4O/c1-10-9-18(11(2)15-10)13-8-6-5-7-12(13)16-14(19)17(3)4/h5-9H,1-4H3,(H,16,19). The van der Waals surface area contributed by atoms with Crippen molar-refractivity contribution in [1.29, 1.82) is 0 Å². The summed E-state index contributed by atoms with van der Waals surface area (Å²) in [6.07, 6.45) is 1.95. The van der Waals surface area contributed by atoms with E-state index in [1.54, 1.807) is 14.1 Å². The fourth-order valence-electron chi connectivity index (χ4n) is 1.88. The second-order valence-corrected chi connectivity index (χ2v) is 4.64. The summed E-state index contributed by atoms with van der Waals surface area (Å²) in [5, 5.41) is 2.88. The van der Waals surface area contributed by atoms with Crippen LogP contribution in [0, 0.1) is 13.8 Å². The smallest absolute Gasteiger partial charge is 0.321 e. The zero-order valence-electron chi connectivity index (χ0n) is 11.6. The summed E-state index contributed by atoms with van der Waals surface area (Å²) in [4.78, 5) is 17.7. The van der Waals surface area contributed by atoms with Gasteiger partial charge in [-0.05, 0) is 26.0 Å². The van der Waals surface area contributed by atoms with Crippen molar-refractivity contribution in [2.75, 3.05) is 19.4 Å². The average molecular weight is 258 g/mol. The highest BCUT2D eigenvalue weighted by molar-refractivity contribution is 5.91. The van der Waals surface area contributed by atoms with E-state index in [-0.39, 0.29) is 6.03 Å². The third-order valence-corrected chi connectivity index (χ3v) is 2.81. The van der Waals surface area contributed by atoms with Gasteiger partial charge in [0.1, 0.15) is 5.82 Å². The van der Waals surface area contributed by atoms with Gasteiger partial charge in [0.25, 0.3) is 0 Å². The molecule has 1 N–H and O–H groups in total. The van der Waals surface area contributed by atoms with Crippen LogP contribution in [-0.4, -0.2) is 34.6 Å². The third-order valence-electron chi connectivity index (χ3n) is 2.81. The van der Waals surface area contributed by atoms with Crippen LogP contribution in [0.15, 0.2) is 30.5 Å². The van der Waals surface area contributed by atoms with Gasteiger partial charge in [0.05, 0.1) is 17.1 Å². The lowest BCUT2D eigenvalue weighted by Crippen LogP contribution is -2.27. The summed E-state index contributed by atoms with van der Waals surface area (Å²) < 4.78 is 1.97. The molecule has 100 valence electrons. The maximum atomic E-state index is 11.8. The number of para-hydroxylation sites is 2. The number of benzene rings is 1. The van der Waals surface area contributed by atoms with Gasteiger partial charge >= 0.3 is 6.03 Å². The highest BCUT2D eigenvalue weighted by Gasteiger charge is 2.11. The Morgan fingerprint density at radius 2 is 1.95 bits per heavy atom. The molecule has 0 spiro atoms. The Balaban J connectivity index is 2.42. The van der Waals surface area contributed by atoms with Gasteiger partial charge in [0.2, 0.25) is 0 Å². The van der Waals surface area contributed by atoms with Crippen molar-refractivity contribution >= 4 is 11.7 Å². The SMILES string of the molecule is Cc1cn(-c2ccccc2NC(=O)N(C)C)c(C)n1. The van der Waals surface area contributed by atoms with Crippen molar-refractivity contribution in [3.8, 4) is 5.69 Å². The van der Waals surface area contributed by atoms with Gasteiger partial charge in [0.15, 0.2) is 0 Å². The van der Waals surface area contributed by atoms with E-state index in [4.69, 9.17) is 0 Å². The number of aromatic nitrogens is 2. The molecule has 0 bridgehead atoms. The number of anilines is 1. The molecule has 0 saturated heterocycles. The highest BCUT2D eigenvalue weighted by atomic mass is 16.2. The number of amides is 2. The molecule has 0 saturated carbocycles. The molecule has 0 unspecified atom stereocenters. The van der Waals surface area contributed by atoms with Crippen LogP contribution in [0.2, 0.25) is 0 Å². The topological polar surface area (TPSA) is 50.2 Å². The molecule has 5 heteroatoms. The van der Waals surface area contributed by atoms with Crippen LogP contribution in [0.1, 0.15) is 11.5 Å². The second-order valence-electron chi connectivity index (χ2n) is 4.64. The number of nitrogens with one attached hydrogen (secondary N) is 1. The first-order valence-electron chi connectivity index (χ1n) is 6.09. The van der Waals surface area contributed by atoms with Gasteiger partial charge < -0.3 is 14.8 Å². The molecule has 2 amide bonds. The second kappa shape index (κ2) is 5.14. The van der Waals surface area contributed by atoms with Gasteiger partial charge in [0, 0.05) is 20.3 Å². The number of hydrogen-bond acceptors (Lipinski definition) is 2. The van der Waals surface area contributed by atoms with Crippen LogP contribution in [0.25, 0.3) is 5.69 Å². The summed E-state index contributed by atoms with van der Waals surface area (Å²) in [5.41, 5.74) is 2.63. The van der Waals surface area contributed by atoms with Crippen molar-refractivity contribution in [3.63, 3.8) is 0 Å². The summed E-state index contributed by atoms with van der Waals surface area (Å²) in [6.45, 7) is 3.89. The Bertz CT molecular complexity index is 601. The lowest BCUT2D eigenvalue weighted by molar-refractivity contribution is 0.230. The van der Waals surface area contributed by atoms with E-state index in [0.29, 0.717) is 0 Å². The van der Waals surface area contributed by atoms with E-state index in [1.165, 1.54) is 4.90 Å². The summed E-state index contributed by atoms with van der Waals surface area (Å²) in [7, 11) is 3.43. The summed E-state index contributed by atoms with van der Waals surface area (Å²) >= 11 is 0. The minimum absolute atomic E-state index is 0.151. The molecular formula is C14H18N4O. The molecule has 0 aliphatic rings. The predicted octanol–water partition coefficient (Wildman–Crippen LogP) is 2.58. The zero-order valence-corrected chi connectivity index (χ0v) is 11.6. The fourth-order valence-corrected chi connectivity index (χ4v) is 1.88. The minimum Gasteiger partial charge on any atom is -0.331 e. The van der Waals surface area contributed by atoms with Crippen LogP contribution in [-0.2, 0) is 0 Å². The van der Waals surface area contributed by atoms with E-state index in [1.807, 2.05) is 48.9 Å². The molecule has 0 radical (unpaired) electrons. The normalized spacial score (nSPS) is 10.3. The van der Waals surface area contributed by atoms with Gasteiger partial charge in [-0.25, -0.2) is 9.78 Å². The Kier molecular flexibility index (Phi) is 3.55. The lowest BCUT2D eigenvalue weighted by Gasteiger charge is -2.16. The van der Waals surface area contributed by atoms with Gasteiger partial charge in [-0.15, -0.1) is 0 Å². The van der Waals surface area contributed by atoms with E-state index in [9.17, 15) is 4.79 Å². The molecule has 1 aromatic heterocycles. The number of carbonyl (C=O) groups excluding carboxylic acids is 1. The molecule has 5 nitrogen and oxygen atoms in total. The minimum atomic E-state index is -0.151. The number of nitrogens with zero attached hydrogens (tertiary/aromatic N) is 3. The quantitative estimate of drug-likeness (QED) is 0.900. The number of carbonyl (C=O) groups is 1.